The number of nitrogens with one attached hydrogen (secondary N) is 1. The highest BCUT2D eigenvalue weighted by Gasteiger charge is 2.27. The molecule has 1 aromatic carbocycles. The molecule has 1 aliphatic carbocycles. The molecule has 0 bridgehead atoms. The summed E-state index contributed by atoms with van der Waals surface area (Å²) in [5, 5.41) is 3.11. The van der Waals surface area contributed by atoms with Crippen molar-refractivity contribution in [2.75, 3.05) is 11.9 Å². The third kappa shape index (κ3) is 5.14. The number of ether oxygens (including phenoxy) is 2. The van der Waals surface area contributed by atoms with Gasteiger partial charge in [0.2, 0.25) is 0 Å². The molecule has 1 heterocycles. The molecule has 1 aliphatic rings. The molecule has 29 heavy (non-hydrogen) atoms. The van der Waals surface area contributed by atoms with Gasteiger partial charge in [-0.25, -0.2) is 0 Å². The summed E-state index contributed by atoms with van der Waals surface area (Å²) in [6.45, 7) is 3.61. The molecule has 2 amide bonds. The second kappa shape index (κ2) is 9.09. The van der Waals surface area contributed by atoms with E-state index in [4.69, 9.17) is 15.2 Å². The maximum atomic E-state index is 12.4. The summed E-state index contributed by atoms with van der Waals surface area (Å²) in [6, 6.07) is 7.48. The number of hydrogen-bond acceptors (Lipinski definition) is 6. The van der Waals surface area contributed by atoms with Gasteiger partial charge in [-0.1, -0.05) is 17.7 Å². The monoisotopic (exact) mass is 416 g/mol. The smallest absolute Gasteiger partial charge is 0.310 e. The van der Waals surface area contributed by atoms with Gasteiger partial charge in [0.25, 0.3) is 11.8 Å². The predicted octanol–water partition coefficient (Wildman–Crippen LogP) is 2.98. The first-order chi connectivity index (χ1) is 13.8. The SMILES string of the molecule is Cc1ccc(OCCC(=O)O[C@@H](C)C(=O)Nc2sc3c(c2C(N)=O)CCC3)cc1. The molecule has 7 nitrogen and oxygen atoms in total. The number of thiophene rings is 1. The topological polar surface area (TPSA) is 108 Å². The van der Waals surface area contributed by atoms with E-state index in [1.54, 1.807) is 0 Å². The Balaban J connectivity index is 1.49. The van der Waals surface area contributed by atoms with Crippen LogP contribution < -0.4 is 15.8 Å². The number of aryl methyl sites for hydroxylation is 2. The van der Waals surface area contributed by atoms with Crippen LogP contribution >= 0.6 is 11.3 Å². The summed E-state index contributed by atoms with van der Waals surface area (Å²) in [5.74, 6) is -0.930. The molecule has 8 heteroatoms. The highest BCUT2D eigenvalue weighted by atomic mass is 32.1. The molecule has 154 valence electrons. The summed E-state index contributed by atoms with van der Waals surface area (Å²) < 4.78 is 10.7. The van der Waals surface area contributed by atoms with Crippen LogP contribution in [0.2, 0.25) is 0 Å². The maximum absolute atomic E-state index is 12.4. The van der Waals surface area contributed by atoms with Crippen molar-refractivity contribution in [3.8, 4) is 5.75 Å². The summed E-state index contributed by atoms with van der Waals surface area (Å²) in [6.07, 6.45) is 1.66. The van der Waals surface area contributed by atoms with Crippen LogP contribution in [0.15, 0.2) is 24.3 Å². The minimum absolute atomic E-state index is 0.0192. The minimum Gasteiger partial charge on any atom is -0.493 e. The number of primary amides is 1. The van der Waals surface area contributed by atoms with Crippen molar-refractivity contribution in [3.05, 3.63) is 45.8 Å². The zero-order valence-electron chi connectivity index (χ0n) is 16.4. The standard InChI is InChI=1S/C21H24N2O5S/c1-12-6-8-14(9-7-12)27-11-10-17(24)28-13(2)20(26)23-21-18(19(22)25)15-4-3-5-16(15)29-21/h6-9,13H,3-5,10-11H2,1-2H3,(H2,22,25)(H,23,26)/t13-/m0/s1. The van der Waals surface area contributed by atoms with E-state index in [0.717, 1.165) is 35.3 Å². The van der Waals surface area contributed by atoms with E-state index in [1.807, 2.05) is 31.2 Å². The first-order valence-corrected chi connectivity index (χ1v) is 10.3. The molecule has 0 aliphatic heterocycles. The predicted molar refractivity (Wildman–Crippen MR) is 110 cm³/mol. The highest BCUT2D eigenvalue weighted by Crippen LogP contribution is 2.38. The van der Waals surface area contributed by atoms with Crippen molar-refractivity contribution >= 4 is 34.1 Å². The fourth-order valence-electron chi connectivity index (χ4n) is 3.16. The number of esters is 1. The summed E-state index contributed by atoms with van der Waals surface area (Å²) in [7, 11) is 0. The number of amides is 2. The van der Waals surface area contributed by atoms with Crippen molar-refractivity contribution < 1.29 is 23.9 Å². The first-order valence-electron chi connectivity index (χ1n) is 9.49. The van der Waals surface area contributed by atoms with E-state index in [0.29, 0.717) is 16.3 Å². The number of carbonyl (C=O) groups excluding carboxylic acids is 3. The van der Waals surface area contributed by atoms with Gasteiger partial charge in [-0.15, -0.1) is 11.3 Å². The lowest BCUT2D eigenvalue weighted by Gasteiger charge is -2.14. The zero-order valence-corrected chi connectivity index (χ0v) is 17.3. The van der Waals surface area contributed by atoms with Crippen LogP contribution in [0.3, 0.4) is 0 Å². The minimum atomic E-state index is -1.00. The van der Waals surface area contributed by atoms with E-state index in [9.17, 15) is 14.4 Å². The van der Waals surface area contributed by atoms with E-state index in [2.05, 4.69) is 5.32 Å². The molecular weight excluding hydrogens is 392 g/mol. The van der Waals surface area contributed by atoms with Gasteiger partial charge in [0, 0.05) is 4.88 Å². The van der Waals surface area contributed by atoms with Crippen LogP contribution in [0.25, 0.3) is 0 Å². The second-order valence-corrected chi connectivity index (χ2v) is 8.06. The fourth-order valence-corrected chi connectivity index (χ4v) is 4.46. The van der Waals surface area contributed by atoms with Gasteiger partial charge < -0.3 is 20.5 Å². The van der Waals surface area contributed by atoms with Gasteiger partial charge in [0.05, 0.1) is 18.6 Å². The average molecular weight is 416 g/mol. The molecule has 0 radical (unpaired) electrons. The third-order valence-corrected chi connectivity index (χ3v) is 5.89. The molecule has 1 aromatic heterocycles. The number of rotatable bonds is 8. The molecule has 0 saturated carbocycles. The van der Waals surface area contributed by atoms with Crippen LogP contribution in [-0.4, -0.2) is 30.5 Å². The number of fused-ring (bicyclic) bond motifs is 1. The van der Waals surface area contributed by atoms with Gasteiger partial charge >= 0.3 is 5.97 Å². The zero-order chi connectivity index (χ0) is 21.0. The Bertz CT molecular complexity index is 920. The Labute approximate surface area is 173 Å². The lowest BCUT2D eigenvalue weighted by Crippen LogP contribution is -2.31. The Kier molecular flexibility index (Phi) is 6.53. The average Bonchev–Trinajstić information content (AvgIpc) is 3.23. The Morgan fingerprint density at radius 1 is 1.21 bits per heavy atom. The quantitative estimate of drug-likeness (QED) is 0.643. The van der Waals surface area contributed by atoms with E-state index < -0.39 is 23.9 Å². The Hall–Kier alpha value is -2.87. The lowest BCUT2D eigenvalue weighted by atomic mass is 10.1. The highest BCUT2D eigenvalue weighted by molar-refractivity contribution is 7.17. The normalized spacial score (nSPS) is 13.4. The van der Waals surface area contributed by atoms with Crippen molar-refractivity contribution in [1.82, 2.24) is 0 Å². The van der Waals surface area contributed by atoms with E-state index >= 15 is 0 Å². The Morgan fingerprint density at radius 2 is 1.93 bits per heavy atom. The molecule has 0 saturated heterocycles. The molecule has 0 spiro atoms. The van der Waals surface area contributed by atoms with Gasteiger partial charge in [0.1, 0.15) is 10.8 Å². The molecule has 3 N–H and O–H groups in total. The maximum Gasteiger partial charge on any atom is 0.310 e. The molecule has 0 unspecified atom stereocenters. The molecule has 2 aromatic rings. The lowest BCUT2D eigenvalue weighted by molar-refractivity contribution is -0.153. The van der Waals surface area contributed by atoms with Gasteiger partial charge in [-0.3, -0.25) is 14.4 Å². The molecule has 3 rings (SSSR count). The van der Waals surface area contributed by atoms with Crippen molar-refractivity contribution in [2.45, 2.75) is 45.6 Å². The Morgan fingerprint density at radius 3 is 2.62 bits per heavy atom. The third-order valence-electron chi connectivity index (χ3n) is 4.68. The molecule has 0 fully saturated rings. The summed E-state index contributed by atoms with van der Waals surface area (Å²) in [4.78, 5) is 37.3. The van der Waals surface area contributed by atoms with Gasteiger partial charge in [-0.05, 0) is 50.8 Å². The summed E-state index contributed by atoms with van der Waals surface area (Å²) in [5.41, 5.74) is 7.91. The van der Waals surface area contributed by atoms with Crippen molar-refractivity contribution in [3.63, 3.8) is 0 Å². The van der Waals surface area contributed by atoms with Gasteiger partial charge in [0.15, 0.2) is 6.10 Å². The molecular formula is C21H24N2O5S. The number of hydrogen-bond donors (Lipinski definition) is 2. The van der Waals surface area contributed by atoms with Crippen molar-refractivity contribution in [1.29, 1.82) is 0 Å². The van der Waals surface area contributed by atoms with E-state index in [1.165, 1.54) is 18.3 Å². The number of benzene rings is 1. The summed E-state index contributed by atoms with van der Waals surface area (Å²) >= 11 is 1.36. The van der Waals surface area contributed by atoms with Crippen LogP contribution in [-0.2, 0) is 27.2 Å². The largest absolute Gasteiger partial charge is 0.493 e. The number of nitrogens with two attached hydrogens (primary N) is 1. The first kappa shape index (κ1) is 20.9. The van der Waals surface area contributed by atoms with Gasteiger partial charge in [-0.2, -0.15) is 0 Å². The second-order valence-electron chi connectivity index (χ2n) is 6.96. The van der Waals surface area contributed by atoms with Crippen LogP contribution in [0.1, 0.15) is 46.1 Å². The van der Waals surface area contributed by atoms with Crippen LogP contribution in [0.5, 0.6) is 5.75 Å². The van der Waals surface area contributed by atoms with E-state index in [-0.39, 0.29) is 13.0 Å². The van der Waals surface area contributed by atoms with Crippen molar-refractivity contribution in [2.24, 2.45) is 5.73 Å². The fraction of sp³-hybridized carbons (Fsp3) is 0.381. The number of anilines is 1. The van der Waals surface area contributed by atoms with Crippen LogP contribution in [0, 0.1) is 6.92 Å². The number of carbonyl (C=O) groups is 3. The van der Waals surface area contributed by atoms with Crippen LogP contribution in [0.4, 0.5) is 5.00 Å². The molecule has 1 atom stereocenters.